The van der Waals surface area contributed by atoms with Gasteiger partial charge in [0.25, 0.3) is 0 Å². The van der Waals surface area contributed by atoms with Crippen molar-refractivity contribution in [1.82, 2.24) is 5.32 Å². The van der Waals surface area contributed by atoms with E-state index in [1.54, 1.807) is 0 Å². The number of carbonyl (C=O) groups is 1. The molecule has 3 fully saturated rings. The summed E-state index contributed by atoms with van der Waals surface area (Å²) in [6.45, 7) is 6.56. The van der Waals surface area contributed by atoms with Gasteiger partial charge in [-0.1, -0.05) is 0 Å². The standard InChI is InChI=1S/C10H17NO2/c1-9(2,3)13-8(12)10-4-7(5-10)11-6-10/h7,11H,4-6H2,1-3H3. The number of esters is 1. The van der Waals surface area contributed by atoms with Crippen molar-refractivity contribution in [2.45, 2.75) is 45.3 Å². The molecule has 1 aliphatic carbocycles. The lowest BCUT2D eigenvalue weighted by Crippen LogP contribution is -2.44. The normalized spacial score (nSPS) is 37.0. The largest absolute Gasteiger partial charge is 0.460 e. The summed E-state index contributed by atoms with van der Waals surface area (Å²) in [6.07, 6.45) is 1.95. The van der Waals surface area contributed by atoms with Crippen LogP contribution in [0.3, 0.4) is 0 Å². The van der Waals surface area contributed by atoms with Crippen LogP contribution in [-0.2, 0) is 9.53 Å². The van der Waals surface area contributed by atoms with Gasteiger partial charge in [-0.15, -0.1) is 0 Å². The van der Waals surface area contributed by atoms with Crippen LogP contribution in [-0.4, -0.2) is 24.2 Å². The van der Waals surface area contributed by atoms with Crippen molar-refractivity contribution >= 4 is 5.97 Å². The van der Waals surface area contributed by atoms with Gasteiger partial charge < -0.3 is 10.1 Å². The van der Waals surface area contributed by atoms with E-state index in [9.17, 15) is 4.79 Å². The number of carbonyl (C=O) groups excluding carboxylic acids is 1. The molecule has 0 amide bonds. The number of hydrogen-bond acceptors (Lipinski definition) is 3. The third kappa shape index (κ3) is 1.46. The van der Waals surface area contributed by atoms with Gasteiger partial charge in [0, 0.05) is 12.6 Å². The lowest BCUT2D eigenvalue weighted by Gasteiger charge is -2.36. The molecule has 2 saturated heterocycles. The Hall–Kier alpha value is -0.570. The van der Waals surface area contributed by atoms with Crippen LogP contribution in [0.4, 0.5) is 0 Å². The highest BCUT2D eigenvalue weighted by atomic mass is 16.6. The second kappa shape index (κ2) is 2.47. The zero-order valence-corrected chi connectivity index (χ0v) is 8.52. The third-order valence-corrected chi connectivity index (χ3v) is 2.84. The van der Waals surface area contributed by atoms with Crippen LogP contribution < -0.4 is 5.32 Å². The summed E-state index contributed by atoms with van der Waals surface area (Å²) in [5.41, 5.74) is -0.516. The van der Waals surface area contributed by atoms with Crippen LogP contribution in [0, 0.1) is 5.41 Å². The van der Waals surface area contributed by atoms with E-state index in [4.69, 9.17) is 4.74 Å². The molecule has 0 aromatic heterocycles. The fourth-order valence-corrected chi connectivity index (χ4v) is 2.14. The first-order chi connectivity index (χ1) is 5.91. The van der Waals surface area contributed by atoms with Gasteiger partial charge in [0.2, 0.25) is 0 Å². The van der Waals surface area contributed by atoms with E-state index < -0.39 is 0 Å². The van der Waals surface area contributed by atoms with Gasteiger partial charge in [-0.05, 0) is 33.6 Å². The second-order valence-corrected chi connectivity index (χ2v) is 5.27. The van der Waals surface area contributed by atoms with E-state index in [1.807, 2.05) is 20.8 Å². The van der Waals surface area contributed by atoms with E-state index in [0.29, 0.717) is 6.04 Å². The van der Waals surface area contributed by atoms with Crippen LogP contribution in [0.2, 0.25) is 0 Å². The molecule has 0 unspecified atom stereocenters. The van der Waals surface area contributed by atoms with Crippen LogP contribution >= 0.6 is 0 Å². The molecular formula is C10H17NO2. The summed E-state index contributed by atoms with van der Waals surface area (Å²) in [4.78, 5) is 11.8. The molecule has 2 aliphatic heterocycles. The Kier molecular flexibility index (Phi) is 1.71. The lowest BCUT2D eigenvalue weighted by atomic mass is 9.70. The average Bonchev–Trinajstić information content (AvgIpc) is 2.35. The van der Waals surface area contributed by atoms with Crippen LogP contribution in [0.5, 0.6) is 0 Å². The van der Waals surface area contributed by atoms with Crippen molar-refractivity contribution in [3.8, 4) is 0 Å². The Morgan fingerprint density at radius 1 is 1.46 bits per heavy atom. The van der Waals surface area contributed by atoms with Crippen LogP contribution in [0.15, 0.2) is 0 Å². The summed E-state index contributed by atoms with van der Waals surface area (Å²) in [7, 11) is 0. The lowest BCUT2D eigenvalue weighted by molar-refractivity contribution is -0.169. The van der Waals surface area contributed by atoms with Crippen molar-refractivity contribution in [2.24, 2.45) is 5.41 Å². The molecule has 0 aromatic rings. The zero-order chi connectivity index (χ0) is 9.69. The molecular weight excluding hydrogens is 166 g/mol. The summed E-state index contributed by atoms with van der Waals surface area (Å²) in [6, 6.07) is 0.576. The van der Waals surface area contributed by atoms with Gasteiger partial charge in [0.1, 0.15) is 5.60 Å². The molecule has 3 nitrogen and oxygen atoms in total. The summed E-state index contributed by atoms with van der Waals surface area (Å²) in [5.74, 6) is -0.0127. The fourth-order valence-electron chi connectivity index (χ4n) is 2.14. The number of hydrogen-bond donors (Lipinski definition) is 1. The molecule has 3 aliphatic rings. The Morgan fingerprint density at radius 3 is 2.46 bits per heavy atom. The van der Waals surface area contributed by atoms with E-state index in [2.05, 4.69) is 5.32 Å². The maximum absolute atomic E-state index is 11.8. The molecule has 0 spiro atoms. The topological polar surface area (TPSA) is 38.3 Å². The van der Waals surface area contributed by atoms with Gasteiger partial charge in [-0.2, -0.15) is 0 Å². The second-order valence-electron chi connectivity index (χ2n) is 5.27. The number of fused-ring (bicyclic) bond motifs is 1. The predicted octanol–water partition coefficient (Wildman–Crippen LogP) is 1.08. The highest BCUT2D eigenvalue weighted by Crippen LogP contribution is 2.47. The Balaban J connectivity index is 1.98. The smallest absolute Gasteiger partial charge is 0.314 e. The van der Waals surface area contributed by atoms with Gasteiger partial charge in [0.05, 0.1) is 5.41 Å². The maximum atomic E-state index is 11.8. The van der Waals surface area contributed by atoms with Crippen LogP contribution in [0.25, 0.3) is 0 Å². The Morgan fingerprint density at radius 2 is 2.08 bits per heavy atom. The highest BCUT2D eigenvalue weighted by Gasteiger charge is 2.57. The fraction of sp³-hybridized carbons (Fsp3) is 0.900. The molecule has 1 saturated carbocycles. The maximum Gasteiger partial charge on any atom is 0.314 e. The minimum atomic E-state index is -0.348. The molecule has 0 atom stereocenters. The SMILES string of the molecule is CC(C)(C)OC(=O)C12CNC(C1)C2. The van der Waals surface area contributed by atoms with Gasteiger partial charge in [-0.3, -0.25) is 4.79 Å². The molecule has 0 aromatic carbocycles. The van der Waals surface area contributed by atoms with Crippen molar-refractivity contribution in [3.05, 3.63) is 0 Å². The first-order valence-electron chi connectivity index (χ1n) is 4.88. The number of nitrogens with one attached hydrogen (secondary N) is 1. The van der Waals surface area contributed by atoms with Gasteiger partial charge >= 0.3 is 5.97 Å². The van der Waals surface area contributed by atoms with Crippen molar-refractivity contribution in [1.29, 1.82) is 0 Å². The molecule has 3 rings (SSSR count). The molecule has 13 heavy (non-hydrogen) atoms. The molecule has 3 heteroatoms. The quantitative estimate of drug-likeness (QED) is 0.618. The predicted molar refractivity (Wildman–Crippen MR) is 49.3 cm³/mol. The third-order valence-electron chi connectivity index (χ3n) is 2.84. The van der Waals surface area contributed by atoms with Crippen molar-refractivity contribution < 1.29 is 9.53 Å². The Labute approximate surface area is 78.8 Å². The zero-order valence-electron chi connectivity index (χ0n) is 8.52. The summed E-state index contributed by atoms with van der Waals surface area (Å²) in [5, 5.41) is 3.30. The molecule has 2 heterocycles. The van der Waals surface area contributed by atoms with E-state index in [0.717, 1.165) is 19.4 Å². The molecule has 1 N–H and O–H groups in total. The van der Waals surface area contributed by atoms with E-state index in [-0.39, 0.29) is 17.0 Å². The van der Waals surface area contributed by atoms with Crippen LogP contribution in [0.1, 0.15) is 33.6 Å². The Bertz CT molecular complexity index is 230. The summed E-state index contributed by atoms with van der Waals surface area (Å²) < 4.78 is 5.38. The van der Waals surface area contributed by atoms with Crippen molar-refractivity contribution in [2.75, 3.05) is 6.54 Å². The minimum absolute atomic E-state index is 0.0127. The first-order valence-corrected chi connectivity index (χ1v) is 4.88. The molecule has 2 bridgehead atoms. The monoisotopic (exact) mass is 183 g/mol. The van der Waals surface area contributed by atoms with E-state index in [1.165, 1.54) is 0 Å². The van der Waals surface area contributed by atoms with Gasteiger partial charge in [-0.25, -0.2) is 0 Å². The first kappa shape index (κ1) is 9.00. The summed E-state index contributed by atoms with van der Waals surface area (Å²) >= 11 is 0. The molecule has 0 radical (unpaired) electrons. The number of ether oxygens (including phenoxy) is 1. The van der Waals surface area contributed by atoms with Crippen molar-refractivity contribution in [3.63, 3.8) is 0 Å². The minimum Gasteiger partial charge on any atom is -0.460 e. The van der Waals surface area contributed by atoms with E-state index >= 15 is 0 Å². The van der Waals surface area contributed by atoms with Gasteiger partial charge in [0.15, 0.2) is 0 Å². The average molecular weight is 183 g/mol. The number of rotatable bonds is 1. The molecule has 74 valence electrons. The highest BCUT2D eigenvalue weighted by molar-refractivity contribution is 5.80.